The lowest BCUT2D eigenvalue weighted by Crippen LogP contribution is -2.51. The van der Waals surface area contributed by atoms with Gasteiger partial charge in [-0.2, -0.15) is 8.61 Å². The van der Waals surface area contributed by atoms with E-state index in [2.05, 4.69) is 0 Å². The molecule has 1 aromatic rings. The molecule has 0 N–H and O–H groups in total. The van der Waals surface area contributed by atoms with Crippen LogP contribution in [-0.4, -0.2) is 71.1 Å². The molecule has 0 atom stereocenters. The van der Waals surface area contributed by atoms with E-state index in [1.807, 2.05) is 25.1 Å². The molecule has 1 heterocycles. The van der Waals surface area contributed by atoms with Crippen molar-refractivity contribution in [3.05, 3.63) is 35.4 Å². The van der Waals surface area contributed by atoms with Crippen LogP contribution in [0.15, 0.2) is 24.3 Å². The SMILES string of the molecule is COCCS(=O)(=O)N1CCN(S(=O)(=O)Cc2cccc(C)c2)CC1. The third-order valence-electron chi connectivity index (χ3n) is 3.96. The van der Waals surface area contributed by atoms with Gasteiger partial charge in [-0.15, -0.1) is 0 Å². The van der Waals surface area contributed by atoms with Crippen LogP contribution in [0, 0.1) is 6.92 Å². The molecule has 1 aliphatic rings. The average Bonchev–Trinajstić information content (AvgIpc) is 2.53. The zero-order valence-electron chi connectivity index (χ0n) is 14.0. The zero-order valence-corrected chi connectivity index (χ0v) is 15.6. The molecule has 0 amide bonds. The molecule has 0 aliphatic carbocycles. The molecule has 1 aromatic carbocycles. The highest BCUT2D eigenvalue weighted by Gasteiger charge is 2.31. The molecular weight excluding hydrogens is 352 g/mol. The summed E-state index contributed by atoms with van der Waals surface area (Å²) in [6.07, 6.45) is 0. The Morgan fingerprint density at radius 3 is 2.12 bits per heavy atom. The van der Waals surface area contributed by atoms with E-state index in [1.165, 1.54) is 15.7 Å². The molecule has 9 heteroatoms. The fourth-order valence-corrected chi connectivity index (χ4v) is 5.51. The predicted molar refractivity (Wildman–Crippen MR) is 92.6 cm³/mol. The number of aryl methyl sites for hydroxylation is 1. The standard InChI is InChI=1S/C15H24N2O5S2/c1-14-4-3-5-15(12-14)13-24(20,21)17-8-6-16(7-9-17)23(18,19)11-10-22-2/h3-5,12H,6-11,13H2,1-2H3. The predicted octanol–water partition coefficient (Wildman–Crippen LogP) is 0.419. The van der Waals surface area contributed by atoms with Gasteiger partial charge in [0, 0.05) is 33.3 Å². The van der Waals surface area contributed by atoms with E-state index >= 15 is 0 Å². The monoisotopic (exact) mass is 376 g/mol. The van der Waals surface area contributed by atoms with E-state index in [4.69, 9.17) is 4.74 Å². The average molecular weight is 377 g/mol. The van der Waals surface area contributed by atoms with Gasteiger partial charge in [-0.25, -0.2) is 16.8 Å². The van der Waals surface area contributed by atoms with Gasteiger partial charge in [0.2, 0.25) is 20.0 Å². The van der Waals surface area contributed by atoms with Crippen LogP contribution in [0.2, 0.25) is 0 Å². The molecule has 0 spiro atoms. The highest BCUT2D eigenvalue weighted by molar-refractivity contribution is 7.89. The topological polar surface area (TPSA) is 84.0 Å². The van der Waals surface area contributed by atoms with Crippen LogP contribution >= 0.6 is 0 Å². The first-order valence-electron chi connectivity index (χ1n) is 7.75. The van der Waals surface area contributed by atoms with E-state index in [0.29, 0.717) is 0 Å². The summed E-state index contributed by atoms with van der Waals surface area (Å²) in [5.74, 6) is -0.148. The molecule has 7 nitrogen and oxygen atoms in total. The van der Waals surface area contributed by atoms with Gasteiger partial charge in [-0.3, -0.25) is 0 Å². The Morgan fingerprint density at radius 1 is 1.00 bits per heavy atom. The van der Waals surface area contributed by atoms with Crippen LogP contribution in [0.4, 0.5) is 0 Å². The van der Waals surface area contributed by atoms with Crippen molar-refractivity contribution in [2.24, 2.45) is 0 Å². The fourth-order valence-electron chi connectivity index (χ4n) is 2.65. The van der Waals surface area contributed by atoms with Crippen LogP contribution in [0.1, 0.15) is 11.1 Å². The number of rotatable bonds is 7. The van der Waals surface area contributed by atoms with Gasteiger partial charge in [0.05, 0.1) is 18.1 Å². The summed E-state index contributed by atoms with van der Waals surface area (Å²) in [6, 6.07) is 7.39. The number of methoxy groups -OCH3 is 1. The first-order chi connectivity index (χ1) is 11.2. The minimum Gasteiger partial charge on any atom is -0.384 e. The number of hydrogen-bond acceptors (Lipinski definition) is 5. The molecule has 0 unspecified atom stereocenters. The van der Waals surface area contributed by atoms with Crippen molar-refractivity contribution in [1.82, 2.24) is 8.61 Å². The van der Waals surface area contributed by atoms with Crippen molar-refractivity contribution in [3.8, 4) is 0 Å². The number of piperazine rings is 1. The molecule has 2 rings (SSSR count). The van der Waals surface area contributed by atoms with E-state index in [9.17, 15) is 16.8 Å². The second-order valence-electron chi connectivity index (χ2n) is 5.85. The van der Waals surface area contributed by atoms with Crippen molar-refractivity contribution in [2.75, 3.05) is 45.6 Å². The van der Waals surface area contributed by atoms with Gasteiger partial charge in [-0.1, -0.05) is 29.8 Å². The first kappa shape index (κ1) is 19.3. The Bertz CT molecular complexity index is 754. The second-order valence-corrected chi connectivity index (χ2v) is 9.91. The summed E-state index contributed by atoms with van der Waals surface area (Å²) in [5, 5.41) is 0. The zero-order chi connectivity index (χ0) is 17.8. The van der Waals surface area contributed by atoms with Crippen molar-refractivity contribution in [1.29, 1.82) is 0 Å². The summed E-state index contributed by atoms with van der Waals surface area (Å²) >= 11 is 0. The van der Waals surface area contributed by atoms with Crippen molar-refractivity contribution in [3.63, 3.8) is 0 Å². The van der Waals surface area contributed by atoms with E-state index in [-0.39, 0.29) is 44.3 Å². The number of benzene rings is 1. The largest absolute Gasteiger partial charge is 0.384 e. The lowest BCUT2D eigenvalue weighted by Gasteiger charge is -2.33. The smallest absolute Gasteiger partial charge is 0.218 e. The summed E-state index contributed by atoms with van der Waals surface area (Å²) in [4.78, 5) is 0. The van der Waals surface area contributed by atoms with Gasteiger partial charge in [-0.05, 0) is 12.5 Å². The number of hydrogen-bond donors (Lipinski definition) is 0. The highest BCUT2D eigenvalue weighted by Crippen LogP contribution is 2.16. The molecule has 0 aromatic heterocycles. The van der Waals surface area contributed by atoms with Crippen LogP contribution in [0.3, 0.4) is 0 Å². The Labute approximate surface area is 144 Å². The van der Waals surface area contributed by atoms with Crippen LogP contribution in [-0.2, 0) is 30.5 Å². The number of nitrogens with zero attached hydrogens (tertiary/aromatic N) is 2. The van der Waals surface area contributed by atoms with E-state index in [0.717, 1.165) is 11.1 Å². The third-order valence-corrected chi connectivity index (χ3v) is 7.65. The Kier molecular flexibility index (Phi) is 6.38. The second kappa shape index (κ2) is 7.92. The first-order valence-corrected chi connectivity index (χ1v) is 11.0. The summed E-state index contributed by atoms with van der Waals surface area (Å²) < 4.78 is 56.8. The van der Waals surface area contributed by atoms with E-state index in [1.54, 1.807) is 6.07 Å². The van der Waals surface area contributed by atoms with Gasteiger partial charge in [0.25, 0.3) is 0 Å². The van der Waals surface area contributed by atoms with Gasteiger partial charge < -0.3 is 4.74 Å². The molecule has 0 radical (unpaired) electrons. The maximum absolute atomic E-state index is 12.5. The molecule has 0 bridgehead atoms. The minimum atomic E-state index is -3.45. The lowest BCUT2D eigenvalue weighted by atomic mass is 10.2. The highest BCUT2D eigenvalue weighted by atomic mass is 32.2. The summed E-state index contributed by atoms with van der Waals surface area (Å²) in [7, 11) is -5.39. The Morgan fingerprint density at radius 2 is 1.58 bits per heavy atom. The minimum absolute atomic E-state index is 0.0644. The van der Waals surface area contributed by atoms with E-state index < -0.39 is 20.0 Å². The van der Waals surface area contributed by atoms with Gasteiger partial charge in [0.15, 0.2) is 0 Å². The maximum atomic E-state index is 12.5. The van der Waals surface area contributed by atoms with Gasteiger partial charge in [0.1, 0.15) is 0 Å². The lowest BCUT2D eigenvalue weighted by molar-refractivity contribution is 0.213. The van der Waals surface area contributed by atoms with Gasteiger partial charge >= 0.3 is 0 Å². The molecule has 1 aliphatic heterocycles. The molecule has 136 valence electrons. The fraction of sp³-hybridized carbons (Fsp3) is 0.600. The Balaban J connectivity index is 1.98. The van der Waals surface area contributed by atoms with Crippen molar-refractivity contribution >= 4 is 20.0 Å². The van der Waals surface area contributed by atoms with Crippen molar-refractivity contribution in [2.45, 2.75) is 12.7 Å². The molecule has 1 saturated heterocycles. The number of ether oxygens (including phenoxy) is 1. The normalized spacial score (nSPS) is 17.9. The molecule has 1 fully saturated rings. The number of sulfonamides is 2. The summed E-state index contributed by atoms with van der Waals surface area (Å²) in [5.41, 5.74) is 1.75. The van der Waals surface area contributed by atoms with Crippen LogP contribution < -0.4 is 0 Å². The van der Waals surface area contributed by atoms with Crippen LogP contribution in [0.5, 0.6) is 0 Å². The van der Waals surface area contributed by atoms with Crippen LogP contribution in [0.25, 0.3) is 0 Å². The molecule has 0 saturated carbocycles. The third kappa shape index (κ3) is 5.00. The summed E-state index contributed by atoms with van der Waals surface area (Å²) in [6.45, 7) is 2.77. The maximum Gasteiger partial charge on any atom is 0.218 e. The molecule has 24 heavy (non-hydrogen) atoms. The molecular formula is C15H24N2O5S2. The quantitative estimate of drug-likeness (QED) is 0.689. The van der Waals surface area contributed by atoms with Crippen molar-refractivity contribution < 1.29 is 21.6 Å². The Hall–Kier alpha value is -1.00.